The van der Waals surface area contributed by atoms with E-state index in [9.17, 15) is 0 Å². The third-order valence-corrected chi connectivity index (χ3v) is 5.81. The maximum absolute atomic E-state index is 6.59. The van der Waals surface area contributed by atoms with Crippen LogP contribution in [0.1, 0.15) is 30.5 Å². The van der Waals surface area contributed by atoms with E-state index in [0.29, 0.717) is 6.61 Å². The Morgan fingerprint density at radius 1 is 1.07 bits per heavy atom. The van der Waals surface area contributed by atoms with Crippen molar-refractivity contribution in [1.29, 1.82) is 0 Å². The summed E-state index contributed by atoms with van der Waals surface area (Å²) in [5.74, 6) is 0.813. The van der Waals surface area contributed by atoms with Gasteiger partial charge in [-0.1, -0.05) is 24.1 Å². The molecule has 148 valence electrons. The smallest absolute Gasteiger partial charge is 0.150 e. The number of benzene rings is 1. The van der Waals surface area contributed by atoms with E-state index in [1.807, 2.05) is 53.2 Å². The van der Waals surface area contributed by atoms with Crippen LogP contribution in [0.2, 0.25) is 5.02 Å². The number of ether oxygens (including phenoxy) is 1. The van der Waals surface area contributed by atoms with Crippen LogP contribution in [0, 0.1) is 0 Å². The number of halogens is 1. The van der Waals surface area contributed by atoms with Gasteiger partial charge in [-0.2, -0.15) is 0 Å². The highest BCUT2D eigenvalue weighted by molar-refractivity contribution is 6.35. The molecule has 5 nitrogen and oxygen atoms in total. The van der Waals surface area contributed by atoms with Crippen LogP contribution in [0.15, 0.2) is 55.0 Å². The molecule has 0 unspecified atom stereocenters. The Hall–Kier alpha value is -2.63. The van der Waals surface area contributed by atoms with Crippen LogP contribution in [0.4, 0.5) is 0 Å². The fourth-order valence-corrected chi connectivity index (χ4v) is 4.35. The molecular weight excluding hydrogens is 384 g/mol. The van der Waals surface area contributed by atoms with Crippen molar-refractivity contribution in [2.24, 2.45) is 0 Å². The van der Waals surface area contributed by atoms with Gasteiger partial charge >= 0.3 is 0 Å². The summed E-state index contributed by atoms with van der Waals surface area (Å²) in [4.78, 5) is 11.7. The Balaban J connectivity index is 1.49. The Kier molecular flexibility index (Phi) is 5.08. The van der Waals surface area contributed by atoms with E-state index < -0.39 is 0 Å². The monoisotopic (exact) mass is 406 g/mol. The van der Waals surface area contributed by atoms with Gasteiger partial charge in [-0.15, -0.1) is 0 Å². The lowest BCUT2D eigenvalue weighted by atomic mass is 10.1. The number of hydrogen-bond acceptors (Lipinski definition) is 4. The van der Waals surface area contributed by atoms with Crippen molar-refractivity contribution in [3.8, 4) is 5.75 Å². The highest BCUT2D eigenvalue weighted by Gasteiger charge is 2.18. The molecule has 1 aromatic carbocycles. The molecule has 29 heavy (non-hydrogen) atoms. The zero-order valence-corrected chi connectivity index (χ0v) is 17.0. The van der Waals surface area contributed by atoms with E-state index >= 15 is 0 Å². The van der Waals surface area contributed by atoms with Crippen LogP contribution < -0.4 is 4.74 Å². The van der Waals surface area contributed by atoms with Crippen molar-refractivity contribution in [1.82, 2.24) is 19.3 Å². The zero-order chi connectivity index (χ0) is 19.6. The first-order valence-electron chi connectivity index (χ1n) is 10.1. The number of likely N-dealkylation sites (tertiary alicyclic amines) is 1. The van der Waals surface area contributed by atoms with Gasteiger partial charge in [0.25, 0.3) is 0 Å². The average Bonchev–Trinajstić information content (AvgIpc) is 3.17. The molecule has 0 atom stereocenters. The minimum atomic E-state index is 0.391. The number of imidazole rings is 1. The third kappa shape index (κ3) is 3.80. The summed E-state index contributed by atoms with van der Waals surface area (Å²) in [6.45, 7) is 3.45. The molecule has 6 heteroatoms. The molecule has 0 N–H and O–H groups in total. The van der Waals surface area contributed by atoms with E-state index in [1.165, 1.54) is 19.3 Å². The molecule has 4 heterocycles. The van der Waals surface area contributed by atoms with E-state index in [1.54, 1.807) is 6.20 Å². The number of nitrogens with zero attached hydrogens (tertiary/aromatic N) is 4. The maximum atomic E-state index is 6.59. The highest BCUT2D eigenvalue weighted by Crippen LogP contribution is 2.35. The van der Waals surface area contributed by atoms with Crippen molar-refractivity contribution >= 4 is 28.2 Å². The lowest BCUT2D eigenvalue weighted by Crippen LogP contribution is -2.29. The van der Waals surface area contributed by atoms with Crippen LogP contribution in [0.5, 0.6) is 5.75 Å². The first-order chi connectivity index (χ1) is 14.3. The van der Waals surface area contributed by atoms with Crippen molar-refractivity contribution in [2.45, 2.75) is 32.4 Å². The molecule has 4 aromatic rings. The van der Waals surface area contributed by atoms with E-state index in [4.69, 9.17) is 16.3 Å². The van der Waals surface area contributed by atoms with Crippen molar-refractivity contribution in [3.63, 3.8) is 0 Å². The highest BCUT2D eigenvalue weighted by atomic mass is 35.5. The predicted molar refractivity (Wildman–Crippen MR) is 115 cm³/mol. The van der Waals surface area contributed by atoms with E-state index in [0.717, 1.165) is 58.2 Å². The fourth-order valence-electron chi connectivity index (χ4n) is 4.07. The molecule has 0 bridgehead atoms. The Morgan fingerprint density at radius 3 is 2.83 bits per heavy atom. The van der Waals surface area contributed by atoms with Crippen LogP contribution in [0.3, 0.4) is 0 Å². The lowest BCUT2D eigenvalue weighted by molar-refractivity contribution is 0.215. The van der Waals surface area contributed by atoms with Crippen LogP contribution in [-0.2, 0) is 13.2 Å². The van der Waals surface area contributed by atoms with E-state index in [-0.39, 0.29) is 0 Å². The molecule has 0 aliphatic carbocycles. The molecule has 0 saturated carbocycles. The second-order valence-corrected chi connectivity index (χ2v) is 7.98. The summed E-state index contributed by atoms with van der Waals surface area (Å²) >= 11 is 6.59. The van der Waals surface area contributed by atoms with Gasteiger partial charge < -0.3 is 9.14 Å². The van der Waals surface area contributed by atoms with Gasteiger partial charge in [0.1, 0.15) is 17.8 Å². The molecule has 0 radical (unpaired) electrons. The van der Waals surface area contributed by atoms with Gasteiger partial charge in [-0.3, -0.25) is 9.88 Å². The van der Waals surface area contributed by atoms with Gasteiger partial charge in [-0.25, -0.2) is 4.98 Å². The molecule has 1 saturated heterocycles. The van der Waals surface area contributed by atoms with Crippen LogP contribution in [0.25, 0.3) is 16.6 Å². The number of rotatable bonds is 5. The largest absolute Gasteiger partial charge is 0.485 e. The standard InChI is InChI=1S/C23H23ClN4O/c24-20-13-17(14-27-10-3-1-4-11-27)23(22-19(20)7-6-9-25-22)29-16-18-15-28-12-5-2-8-21(28)26-18/h2,5-9,12-13,15H,1,3-4,10-11,14,16H2. The zero-order valence-electron chi connectivity index (χ0n) is 16.2. The molecule has 1 fully saturated rings. The molecule has 5 rings (SSSR count). The molecule has 1 aliphatic rings. The first-order valence-corrected chi connectivity index (χ1v) is 10.5. The number of piperidine rings is 1. The Bertz CT molecular complexity index is 1120. The normalized spacial score (nSPS) is 15.2. The second kappa shape index (κ2) is 8.01. The van der Waals surface area contributed by atoms with Gasteiger partial charge in [0.2, 0.25) is 0 Å². The van der Waals surface area contributed by atoms with Crippen LogP contribution >= 0.6 is 11.6 Å². The quantitative estimate of drug-likeness (QED) is 0.462. The second-order valence-electron chi connectivity index (χ2n) is 7.57. The minimum Gasteiger partial charge on any atom is -0.485 e. The summed E-state index contributed by atoms with van der Waals surface area (Å²) in [6.07, 6.45) is 9.60. The average molecular weight is 407 g/mol. The lowest BCUT2D eigenvalue weighted by Gasteiger charge is -2.27. The number of fused-ring (bicyclic) bond motifs is 2. The SMILES string of the molecule is Clc1cc(CN2CCCCC2)c(OCc2cn3ccccc3n2)c2ncccc12. The van der Waals surface area contributed by atoms with Crippen molar-refractivity contribution < 1.29 is 4.74 Å². The fraction of sp³-hybridized carbons (Fsp3) is 0.304. The van der Waals surface area contributed by atoms with Crippen molar-refractivity contribution in [2.75, 3.05) is 13.1 Å². The summed E-state index contributed by atoms with van der Waals surface area (Å²) in [7, 11) is 0. The predicted octanol–water partition coefficient (Wildman–Crippen LogP) is 5.10. The van der Waals surface area contributed by atoms with Gasteiger partial charge in [0, 0.05) is 36.1 Å². The molecule has 3 aromatic heterocycles. The van der Waals surface area contributed by atoms with Gasteiger partial charge in [-0.05, 0) is 56.3 Å². The summed E-state index contributed by atoms with van der Waals surface area (Å²) in [5, 5.41) is 1.64. The van der Waals surface area contributed by atoms with Crippen molar-refractivity contribution in [3.05, 3.63) is 71.3 Å². The van der Waals surface area contributed by atoms with E-state index in [2.05, 4.69) is 14.9 Å². The minimum absolute atomic E-state index is 0.391. The van der Waals surface area contributed by atoms with Gasteiger partial charge in [0.15, 0.2) is 5.75 Å². The molecule has 0 spiro atoms. The van der Waals surface area contributed by atoms with Crippen LogP contribution in [-0.4, -0.2) is 32.4 Å². The maximum Gasteiger partial charge on any atom is 0.150 e. The molecule has 1 aliphatic heterocycles. The molecule has 0 amide bonds. The first kappa shape index (κ1) is 18.4. The van der Waals surface area contributed by atoms with Gasteiger partial charge in [0.05, 0.1) is 10.7 Å². The third-order valence-electron chi connectivity index (χ3n) is 5.49. The summed E-state index contributed by atoms with van der Waals surface area (Å²) in [6, 6.07) is 11.9. The number of aromatic nitrogens is 3. The number of hydrogen-bond donors (Lipinski definition) is 0. The Labute approximate surface area is 174 Å². The summed E-state index contributed by atoms with van der Waals surface area (Å²) in [5.41, 5.74) is 3.71. The summed E-state index contributed by atoms with van der Waals surface area (Å²) < 4.78 is 8.34. The number of pyridine rings is 2. The molecular formula is C23H23ClN4O. The topological polar surface area (TPSA) is 42.7 Å². The Morgan fingerprint density at radius 2 is 1.97 bits per heavy atom.